The van der Waals surface area contributed by atoms with E-state index in [0.29, 0.717) is 18.8 Å². The van der Waals surface area contributed by atoms with Crippen molar-refractivity contribution < 1.29 is 9.53 Å². The lowest BCUT2D eigenvalue weighted by Crippen LogP contribution is -2.48. The molecular formula is C25H29N3O2. The molecule has 2 aromatic carbocycles. The number of amides is 1. The van der Waals surface area contributed by atoms with E-state index in [1.165, 1.54) is 11.1 Å². The van der Waals surface area contributed by atoms with E-state index in [0.717, 1.165) is 22.5 Å². The number of hydrogen-bond acceptors (Lipinski definition) is 3. The van der Waals surface area contributed by atoms with Crippen molar-refractivity contribution in [3.63, 3.8) is 0 Å². The fourth-order valence-corrected chi connectivity index (χ4v) is 4.04. The number of rotatable bonds is 3. The van der Waals surface area contributed by atoms with Gasteiger partial charge in [-0.2, -0.15) is 5.10 Å². The number of benzene rings is 2. The first-order valence-corrected chi connectivity index (χ1v) is 10.5. The van der Waals surface area contributed by atoms with Gasteiger partial charge in [0.15, 0.2) is 0 Å². The highest BCUT2D eigenvalue weighted by atomic mass is 16.5. The maximum absolute atomic E-state index is 13.5. The number of aromatic nitrogens is 2. The maximum atomic E-state index is 13.5. The number of nitrogens with zero attached hydrogens (tertiary/aromatic N) is 3. The van der Waals surface area contributed by atoms with E-state index in [9.17, 15) is 4.79 Å². The molecule has 0 aliphatic carbocycles. The summed E-state index contributed by atoms with van der Waals surface area (Å²) >= 11 is 0. The van der Waals surface area contributed by atoms with Crippen molar-refractivity contribution in [3.8, 4) is 16.9 Å². The Balaban J connectivity index is 1.80. The molecule has 5 nitrogen and oxygen atoms in total. The topological polar surface area (TPSA) is 47.4 Å². The van der Waals surface area contributed by atoms with E-state index in [-0.39, 0.29) is 18.1 Å². The van der Waals surface area contributed by atoms with E-state index >= 15 is 0 Å². The molecule has 3 aromatic rings. The molecule has 30 heavy (non-hydrogen) atoms. The number of carbonyl (C=O) groups is 1. The van der Waals surface area contributed by atoms with Crippen molar-refractivity contribution >= 4 is 5.91 Å². The minimum atomic E-state index is -0.0129. The van der Waals surface area contributed by atoms with Crippen LogP contribution in [-0.4, -0.2) is 45.9 Å². The molecule has 4 rings (SSSR count). The Kier molecular flexibility index (Phi) is 5.48. The Morgan fingerprint density at radius 2 is 1.70 bits per heavy atom. The van der Waals surface area contributed by atoms with Crippen LogP contribution < -0.4 is 0 Å². The quantitative estimate of drug-likeness (QED) is 0.636. The minimum Gasteiger partial charge on any atom is -0.372 e. The second kappa shape index (κ2) is 8.07. The van der Waals surface area contributed by atoms with Crippen molar-refractivity contribution in [2.45, 2.75) is 46.8 Å². The first-order valence-electron chi connectivity index (χ1n) is 10.5. The summed E-state index contributed by atoms with van der Waals surface area (Å²) < 4.78 is 7.60. The molecule has 1 aromatic heterocycles. The van der Waals surface area contributed by atoms with Crippen molar-refractivity contribution in [2.75, 3.05) is 13.1 Å². The highest BCUT2D eigenvalue weighted by Crippen LogP contribution is 2.26. The average Bonchev–Trinajstić information content (AvgIpc) is 3.14. The van der Waals surface area contributed by atoms with Gasteiger partial charge >= 0.3 is 0 Å². The van der Waals surface area contributed by atoms with E-state index < -0.39 is 0 Å². The number of aryl methyl sites for hydroxylation is 3. The summed E-state index contributed by atoms with van der Waals surface area (Å²) in [6.07, 6.45) is 0.0412. The van der Waals surface area contributed by atoms with Gasteiger partial charge in [0.2, 0.25) is 0 Å². The van der Waals surface area contributed by atoms with Crippen LogP contribution in [0.3, 0.4) is 0 Å². The van der Waals surface area contributed by atoms with Crippen LogP contribution in [0.1, 0.15) is 41.0 Å². The Morgan fingerprint density at radius 1 is 0.967 bits per heavy atom. The van der Waals surface area contributed by atoms with Gasteiger partial charge in [-0.1, -0.05) is 24.3 Å². The van der Waals surface area contributed by atoms with Gasteiger partial charge in [-0.05, 0) is 75.6 Å². The fourth-order valence-electron chi connectivity index (χ4n) is 4.04. The minimum absolute atomic E-state index is 0.0129. The van der Waals surface area contributed by atoms with Crippen LogP contribution in [0, 0.1) is 20.8 Å². The zero-order valence-electron chi connectivity index (χ0n) is 18.3. The number of hydrogen-bond donors (Lipinski definition) is 0. The summed E-state index contributed by atoms with van der Waals surface area (Å²) in [6.45, 7) is 11.4. The van der Waals surface area contributed by atoms with Crippen molar-refractivity contribution in [2.24, 2.45) is 0 Å². The predicted molar refractivity (Wildman–Crippen MR) is 119 cm³/mol. The molecular weight excluding hydrogens is 374 g/mol. The third kappa shape index (κ3) is 4.03. The third-order valence-corrected chi connectivity index (χ3v) is 5.68. The Morgan fingerprint density at radius 3 is 2.37 bits per heavy atom. The number of ether oxygens (including phenoxy) is 1. The van der Waals surface area contributed by atoms with Gasteiger partial charge in [-0.25, -0.2) is 4.68 Å². The van der Waals surface area contributed by atoms with Crippen LogP contribution in [0.15, 0.2) is 48.5 Å². The van der Waals surface area contributed by atoms with Gasteiger partial charge in [0, 0.05) is 18.7 Å². The molecule has 1 saturated heterocycles. The molecule has 156 valence electrons. The Hall–Kier alpha value is -2.92. The monoisotopic (exact) mass is 403 g/mol. The second-order valence-corrected chi connectivity index (χ2v) is 8.43. The summed E-state index contributed by atoms with van der Waals surface area (Å²) in [5.41, 5.74) is 6.87. The molecule has 0 bridgehead atoms. The number of morpholine rings is 1. The van der Waals surface area contributed by atoms with E-state index in [1.807, 2.05) is 49.9 Å². The SMILES string of the molecule is Cc1cccc(-n2nc(-c3ccc(C)c(C)c3)cc2C(=O)N2C[C@@H](C)O[C@H](C)C2)c1. The lowest BCUT2D eigenvalue weighted by Gasteiger charge is -2.35. The van der Waals surface area contributed by atoms with Crippen LogP contribution in [0.25, 0.3) is 16.9 Å². The van der Waals surface area contributed by atoms with Crippen LogP contribution in [0.2, 0.25) is 0 Å². The standard InChI is InChI=1S/C25H29N3O2/c1-16-7-6-8-22(11-16)28-24(25(29)27-14-19(4)30-20(5)15-27)13-23(26-28)21-10-9-17(2)18(3)12-21/h6-13,19-20H,14-15H2,1-5H3/t19-,20-/m1/s1. The number of carbonyl (C=O) groups excluding carboxylic acids is 1. The molecule has 2 heterocycles. The molecule has 0 radical (unpaired) electrons. The lowest BCUT2D eigenvalue weighted by atomic mass is 10.0. The van der Waals surface area contributed by atoms with E-state index in [2.05, 4.69) is 38.1 Å². The van der Waals surface area contributed by atoms with Gasteiger partial charge in [0.1, 0.15) is 5.69 Å². The summed E-state index contributed by atoms with van der Waals surface area (Å²) in [5, 5.41) is 4.85. The fraction of sp³-hybridized carbons (Fsp3) is 0.360. The maximum Gasteiger partial charge on any atom is 0.272 e. The summed E-state index contributed by atoms with van der Waals surface area (Å²) in [4.78, 5) is 15.4. The lowest BCUT2D eigenvalue weighted by molar-refractivity contribution is -0.0588. The predicted octanol–water partition coefficient (Wildman–Crippen LogP) is 4.71. The highest BCUT2D eigenvalue weighted by molar-refractivity contribution is 5.94. The molecule has 1 amide bonds. The smallest absolute Gasteiger partial charge is 0.272 e. The molecule has 2 atom stereocenters. The molecule has 0 N–H and O–H groups in total. The molecule has 5 heteroatoms. The van der Waals surface area contributed by atoms with Gasteiger partial charge in [0.05, 0.1) is 23.6 Å². The highest BCUT2D eigenvalue weighted by Gasteiger charge is 2.29. The van der Waals surface area contributed by atoms with Crippen LogP contribution in [0.4, 0.5) is 0 Å². The van der Waals surface area contributed by atoms with E-state index in [1.54, 1.807) is 4.68 Å². The van der Waals surface area contributed by atoms with Crippen LogP contribution in [0.5, 0.6) is 0 Å². The molecule has 1 aliphatic heterocycles. The second-order valence-electron chi connectivity index (χ2n) is 8.43. The molecule has 1 fully saturated rings. The molecule has 0 unspecified atom stereocenters. The summed E-state index contributed by atoms with van der Waals surface area (Å²) in [7, 11) is 0. The Bertz CT molecular complexity index is 1080. The molecule has 0 spiro atoms. The van der Waals surface area contributed by atoms with Crippen LogP contribution >= 0.6 is 0 Å². The first-order chi connectivity index (χ1) is 14.3. The normalized spacial score (nSPS) is 19.2. The van der Waals surface area contributed by atoms with Gasteiger partial charge in [-0.3, -0.25) is 4.79 Å². The van der Waals surface area contributed by atoms with Gasteiger partial charge in [-0.15, -0.1) is 0 Å². The van der Waals surface area contributed by atoms with E-state index in [4.69, 9.17) is 9.84 Å². The molecule has 0 saturated carbocycles. The molecule has 1 aliphatic rings. The van der Waals surface area contributed by atoms with Crippen molar-refractivity contribution in [1.82, 2.24) is 14.7 Å². The Labute approximate surface area is 178 Å². The third-order valence-electron chi connectivity index (χ3n) is 5.68. The first kappa shape index (κ1) is 20.4. The van der Waals surface area contributed by atoms with Crippen molar-refractivity contribution in [1.29, 1.82) is 0 Å². The summed E-state index contributed by atoms with van der Waals surface area (Å²) in [6, 6.07) is 16.3. The van der Waals surface area contributed by atoms with Crippen LogP contribution in [-0.2, 0) is 4.74 Å². The average molecular weight is 404 g/mol. The summed E-state index contributed by atoms with van der Waals surface area (Å²) in [5.74, 6) is -0.0129. The zero-order valence-corrected chi connectivity index (χ0v) is 18.3. The van der Waals surface area contributed by atoms with Crippen molar-refractivity contribution in [3.05, 3.63) is 70.9 Å². The van der Waals surface area contributed by atoms with Gasteiger partial charge < -0.3 is 9.64 Å². The van der Waals surface area contributed by atoms with Gasteiger partial charge in [0.25, 0.3) is 5.91 Å². The largest absolute Gasteiger partial charge is 0.372 e. The zero-order chi connectivity index (χ0) is 21.4.